The predicted molar refractivity (Wildman–Crippen MR) is 104 cm³/mol. The summed E-state index contributed by atoms with van der Waals surface area (Å²) in [5, 5.41) is 5.51. The number of rotatable bonds is 10. The van der Waals surface area contributed by atoms with Gasteiger partial charge in [0, 0.05) is 13.1 Å². The van der Waals surface area contributed by atoms with Crippen LogP contribution in [0, 0.1) is 18.2 Å². The highest BCUT2D eigenvalue weighted by atomic mass is 19.1. The van der Waals surface area contributed by atoms with E-state index in [0.29, 0.717) is 43.4 Å². The van der Waals surface area contributed by atoms with Gasteiger partial charge < -0.3 is 24.8 Å². The maximum absolute atomic E-state index is 12.8. The molecule has 0 aromatic heterocycles. The van der Waals surface area contributed by atoms with Crippen molar-refractivity contribution in [2.75, 3.05) is 26.9 Å². The molecule has 2 aromatic rings. The van der Waals surface area contributed by atoms with E-state index >= 15 is 0 Å². The molecule has 0 unspecified atom stereocenters. The molecule has 0 heterocycles. The van der Waals surface area contributed by atoms with Crippen LogP contribution in [0.5, 0.6) is 17.2 Å². The zero-order chi connectivity index (χ0) is 20.2. The van der Waals surface area contributed by atoms with Crippen LogP contribution in [0.1, 0.15) is 12.0 Å². The molecule has 6 nitrogen and oxygen atoms in total. The van der Waals surface area contributed by atoms with Crippen LogP contribution >= 0.6 is 0 Å². The molecule has 0 saturated heterocycles. The van der Waals surface area contributed by atoms with Crippen molar-refractivity contribution in [3.05, 3.63) is 53.8 Å². The number of nitrogens with one attached hydrogen (secondary N) is 2. The molecular formula is C21H23FN2O4. The van der Waals surface area contributed by atoms with E-state index in [0.717, 1.165) is 5.56 Å². The Morgan fingerprint density at radius 2 is 1.89 bits per heavy atom. The van der Waals surface area contributed by atoms with Crippen LogP contribution in [0.2, 0.25) is 0 Å². The number of carbonyl (C=O) groups excluding carboxylic acids is 1. The number of halogens is 1. The molecule has 2 aromatic carbocycles. The van der Waals surface area contributed by atoms with Crippen molar-refractivity contribution in [3.8, 4) is 29.6 Å². The van der Waals surface area contributed by atoms with E-state index in [1.807, 2.05) is 6.07 Å². The minimum absolute atomic E-state index is 0.133. The first-order valence-corrected chi connectivity index (χ1v) is 8.75. The molecule has 2 amide bonds. The van der Waals surface area contributed by atoms with Crippen molar-refractivity contribution >= 4 is 6.03 Å². The van der Waals surface area contributed by atoms with Crippen LogP contribution in [-0.4, -0.2) is 32.9 Å². The molecule has 0 aliphatic heterocycles. The van der Waals surface area contributed by atoms with Crippen LogP contribution in [0.3, 0.4) is 0 Å². The highest BCUT2D eigenvalue weighted by Crippen LogP contribution is 2.27. The summed E-state index contributed by atoms with van der Waals surface area (Å²) in [7, 11) is 1.54. The first-order chi connectivity index (χ1) is 13.6. The Labute approximate surface area is 164 Å². The Morgan fingerprint density at radius 3 is 2.61 bits per heavy atom. The van der Waals surface area contributed by atoms with E-state index in [-0.39, 0.29) is 18.5 Å². The fourth-order valence-electron chi connectivity index (χ4n) is 2.30. The van der Waals surface area contributed by atoms with Crippen LogP contribution in [0.4, 0.5) is 9.18 Å². The van der Waals surface area contributed by atoms with Gasteiger partial charge in [-0.1, -0.05) is 12.0 Å². The first kappa shape index (κ1) is 20.9. The third kappa shape index (κ3) is 7.08. The summed E-state index contributed by atoms with van der Waals surface area (Å²) in [5.41, 5.74) is 0.850. The summed E-state index contributed by atoms with van der Waals surface area (Å²) >= 11 is 0. The molecule has 148 valence electrons. The van der Waals surface area contributed by atoms with Crippen molar-refractivity contribution in [2.24, 2.45) is 0 Å². The minimum atomic E-state index is -0.308. The molecule has 0 atom stereocenters. The van der Waals surface area contributed by atoms with E-state index in [1.165, 1.54) is 12.1 Å². The van der Waals surface area contributed by atoms with Gasteiger partial charge in [-0.05, 0) is 48.4 Å². The molecule has 7 heteroatoms. The number of amides is 2. The molecule has 0 aliphatic carbocycles. The van der Waals surface area contributed by atoms with Crippen molar-refractivity contribution in [1.29, 1.82) is 0 Å². The number of urea groups is 1. The quantitative estimate of drug-likeness (QED) is 0.486. The number of ether oxygens (including phenoxy) is 3. The third-order valence-electron chi connectivity index (χ3n) is 3.68. The number of terminal acetylenes is 1. The molecule has 0 saturated carbocycles. The molecule has 2 rings (SSSR count). The van der Waals surface area contributed by atoms with Gasteiger partial charge >= 0.3 is 6.03 Å². The summed E-state index contributed by atoms with van der Waals surface area (Å²) in [6.07, 6.45) is 5.83. The Hall–Kier alpha value is -3.40. The maximum atomic E-state index is 12.8. The largest absolute Gasteiger partial charge is 0.494 e. The number of hydrogen-bond donors (Lipinski definition) is 2. The molecule has 0 radical (unpaired) electrons. The molecule has 0 fully saturated rings. The average Bonchev–Trinajstić information content (AvgIpc) is 2.71. The second kappa shape index (κ2) is 11.3. The Bertz CT molecular complexity index is 803. The van der Waals surface area contributed by atoms with Gasteiger partial charge in [-0.15, -0.1) is 6.42 Å². The maximum Gasteiger partial charge on any atom is 0.315 e. The van der Waals surface area contributed by atoms with E-state index < -0.39 is 0 Å². The SMILES string of the molecule is C#CCOc1cc(CNC(=O)NCCCOc2ccc(F)cc2)ccc1OC. The van der Waals surface area contributed by atoms with Crippen molar-refractivity contribution in [3.63, 3.8) is 0 Å². The van der Waals surface area contributed by atoms with E-state index in [9.17, 15) is 9.18 Å². The Kier molecular flexibility index (Phi) is 8.47. The van der Waals surface area contributed by atoms with Gasteiger partial charge in [-0.3, -0.25) is 0 Å². The van der Waals surface area contributed by atoms with Crippen LogP contribution in [-0.2, 0) is 6.54 Å². The molecule has 28 heavy (non-hydrogen) atoms. The van der Waals surface area contributed by atoms with Gasteiger partial charge in [0.15, 0.2) is 11.5 Å². The second-order valence-corrected chi connectivity index (χ2v) is 5.74. The molecule has 0 spiro atoms. The monoisotopic (exact) mass is 386 g/mol. The number of hydrogen-bond acceptors (Lipinski definition) is 4. The Balaban J connectivity index is 1.67. The van der Waals surface area contributed by atoms with Gasteiger partial charge in [0.1, 0.15) is 18.2 Å². The molecule has 2 N–H and O–H groups in total. The number of carbonyl (C=O) groups is 1. The number of benzene rings is 2. The van der Waals surface area contributed by atoms with Gasteiger partial charge in [0.05, 0.1) is 13.7 Å². The van der Waals surface area contributed by atoms with Crippen LogP contribution < -0.4 is 24.8 Å². The zero-order valence-electron chi connectivity index (χ0n) is 15.7. The summed E-state index contributed by atoms with van der Waals surface area (Å²) in [6, 6.07) is 10.9. The normalized spacial score (nSPS) is 9.89. The van der Waals surface area contributed by atoms with Gasteiger partial charge in [0.25, 0.3) is 0 Å². The lowest BCUT2D eigenvalue weighted by atomic mass is 10.2. The lowest BCUT2D eigenvalue weighted by Crippen LogP contribution is -2.36. The summed E-state index contributed by atoms with van der Waals surface area (Å²) in [4.78, 5) is 11.9. The fraction of sp³-hybridized carbons (Fsp3) is 0.286. The average molecular weight is 386 g/mol. The second-order valence-electron chi connectivity index (χ2n) is 5.74. The summed E-state index contributed by atoms with van der Waals surface area (Å²) in [5.74, 6) is 3.78. The van der Waals surface area contributed by atoms with Gasteiger partial charge in [-0.25, -0.2) is 9.18 Å². The summed E-state index contributed by atoms with van der Waals surface area (Å²) < 4.78 is 28.9. The lowest BCUT2D eigenvalue weighted by molar-refractivity contribution is 0.238. The highest BCUT2D eigenvalue weighted by Gasteiger charge is 2.07. The number of methoxy groups -OCH3 is 1. The molecular weight excluding hydrogens is 363 g/mol. The van der Waals surface area contributed by atoms with Crippen LogP contribution in [0.15, 0.2) is 42.5 Å². The van der Waals surface area contributed by atoms with Gasteiger partial charge in [0.2, 0.25) is 0 Å². The van der Waals surface area contributed by atoms with Crippen molar-refractivity contribution in [1.82, 2.24) is 10.6 Å². The topological polar surface area (TPSA) is 68.8 Å². The van der Waals surface area contributed by atoms with Crippen molar-refractivity contribution < 1.29 is 23.4 Å². The van der Waals surface area contributed by atoms with Crippen molar-refractivity contribution in [2.45, 2.75) is 13.0 Å². The van der Waals surface area contributed by atoms with Gasteiger partial charge in [-0.2, -0.15) is 0 Å². The van der Waals surface area contributed by atoms with E-state index in [2.05, 4.69) is 16.6 Å². The molecule has 0 bridgehead atoms. The predicted octanol–water partition coefficient (Wildman–Crippen LogP) is 3.11. The van der Waals surface area contributed by atoms with E-state index in [1.54, 1.807) is 31.4 Å². The van der Waals surface area contributed by atoms with Crippen LogP contribution in [0.25, 0.3) is 0 Å². The fourth-order valence-corrected chi connectivity index (χ4v) is 2.30. The standard InChI is InChI=1S/C21H23FN2O4/c1-3-12-28-20-14-16(5-10-19(20)26-2)15-24-21(25)23-11-4-13-27-18-8-6-17(22)7-9-18/h1,5-10,14H,4,11-13,15H2,2H3,(H2,23,24,25). The van der Waals surface area contributed by atoms with E-state index in [4.69, 9.17) is 20.6 Å². The first-order valence-electron chi connectivity index (χ1n) is 8.75. The highest BCUT2D eigenvalue weighted by molar-refractivity contribution is 5.73. The summed E-state index contributed by atoms with van der Waals surface area (Å²) in [6.45, 7) is 1.33. The minimum Gasteiger partial charge on any atom is -0.494 e. The Morgan fingerprint density at radius 1 is 1.11 bits per heavy atom. The smallest absolute Gasteiger partial charge is 0.315 e. The third-order valence-corrected chi connectivity index (χ3v) is 3.68. The lowest BCUT2D eigenvalue weighted by Gasteiger charge is -2.12. The molecule has 0 aliphatic rings. The zero-order valence-corrected chi connectivity index (χ0v) is 15.7.